The largest absolute Gasteiger partial charge is 0.313 e. The number of nitrogens with zero attached hydrogens (tertiary/aromatic N) is 4. The van der Waals surface area contributed by atoms with Gasteiger partial charge in [-0.05, 0) is 25.7 Å². The van der Waals surface area contributed by atoms with E-state index < -0.39 is 0 Å². The lowest BCUT2D eigenvalue weighted by Crippen LogP contribution is -2.14. The first kappa shape index (κ1) is 15.4. The predicted molar refractivity (Wildman–Crippen MR) is 84.4 cm³/mol. The molecule has 2 aromatic rings. The summed E-state index contributed by atoms with van der Waals surface area (Å²) in [5.74, 6) is 1.69. The van der Waals surface area contributed by atoms with E-state index in [1.54, 1.807) is 0 Å². The van der Waals surface area contributed by atoms with Crippen LogP contribution in [0.1, 0.15) is 45.6 Å². The van der Waals surface area contributed by atoms with Crippen molar-refractivity contribution in [3.8, 4) is 0 Å². The van der Waals surface area contributed by atoms with Gasteiger partial charge in [0.2, 0.25) is 0 Å². The number of hydrogen-bond donors (Lipinski definition) is 0. The predicted octanol–water partition coefficient (Wildman–Crippen LogP) is 3.78. The number of rotatable bonds is 5. The van der Waals surface area contributed by atoms with Gasteiger partial charge in [0, 0.05) is 25.4 Å². The highest BCUT2D eigenvalue weighted by molar-refractivity contribution is 6.17. The minimum absolute atomic E-state index is 0.306. The van der Waals surface area contributed by atoms with E-state index in [9.17, 15) is 0 Å². The fourth-order valence-electron chi connectivity index (χ4n) is 2.45. The summed E-state index contributed by atoms with van der Waals surface area (Å²) in [6.07, 6.45) is 1.92. The normalized spacial score (nSPS) is 12.5. The van der Waals surface area contributed by atoms with Gasteiger partial charge in [-0.25, -0.2) is 9.67 Å². The van der Waals surface area contributed by atoms with Crippen LogP contribution in [0.5, 0.6) is 0 Å². The molecule has 2 rings (SSSR count). The second-order valence-corrected chi connectivity index (χ2v) is 6.88. The van der Waals surface area contributed by atoms with E-state index in [2.05, 4.69) is 42.0 Å². The Bertz CT molecular complexity index is 589. The van der Waals surface area contributed by atoms with Crippen LogP contribution in [0.15, 0.2) is 0 Å². The Hall–Kier alpha value is -1.03. The minimum atomic E-state index is 0.306. The molecule has 20 heavy (non-hydrogen) atoms. The van der Waals surface area contributed by atoms with E-state index in [0.717, 1.165) is 48.6 Å². The lowest BCUT2D eigenvalue weighted by Gasteiger charge is -2.19. The van der Waals surface area contributed by atoms with Crippen LogP contribution in [-0.2, 0) is 19.5 Å². The van der Waals surface area contributed by atoms with Crippen LogP contribution in [0.2, 0.25) is 0 Å². The topological polar surface area (TPSA) is 35.6 Å². The van der Waals surface area contributed by atoms with Crippen molar-refractivity contribution in [1.29, 1.82) is 0 Å². The van der Waals surface area contributed by atoms with Crippen molar-refractivity contribution in [2.24, 2.45) is 5.41 Å². The molecule has 4 nitrogen and oxygen atoms in total. The molecule has 2 aromatic heterocycles. The monoisotopic (exact) mass is 296 g/mol. The first-order valence-electron chi connectivity index (χ1n) is 7.36. The molecule has 0 aliphatic rings. The zero-order chi connectivity index (χ0) is 14.9. The summed E-state index contributed by atoms with van der Waals surface area (Å²) in [5.41, 5.74) is 3.49. The number of aromatic nitrogens is 4. The third-order valence-corrected chi connectivity index (χ3v) is 3.77. The zero-order valence-electron chi connectivity index (χ0n) is 13.2. The third kappa shape index (κ3) is 3.00. The summed E-state index contributed by atoms with van der Waals surface area (Å²) in [5, 5.41) is 4.57. The smallest absolute Gasteiger partial charge is 0.158 e. The van der Waals surface area contributed by atoms with E-state index in [0.29, 0.717) is 11.3 Å². The van der Waals surface area contributed by atoms with Crippen molar-refractivity contribution in [2.45, 2.75) is 60.5 Å². The molecule has 0 unspecified atom stereocenters. The Balaban J connectivity index is 2.49. The molecule has 112 valence electrons. The molecule has 0 N–H and O–H groups in total. The molecule has 0 atom stereocenters. The highest BCUT2D eigenvalue weighted by Crippen LogP contribution is 2.25. The molecule has 0 aliphatic carbocycles. The van der Waals surface area contributed by atoms with Crippen LogP contribution in [0.4, 0.5) is 0 Å². The number of fused-ring (bicyclic) bond motifs is 1. The third-order valence-electron chi connectivity index (χ3n) is 3.58. The molecule has 0 saturated heterocycles. The summed E-state index contributed by atoms with van der Waals surface area (Å²) in [6, 6.07) is 0. The Morgan fingerprint density at radius 1 is 1.25 bits per heavy atom. The maximum atomic E-state index is 5.93. The van der Waals surface area contributed by atoms with Crippen LogP contribution in [-0.4, -0.2) is 25.2 Å². The van der Waals surface area contributed by atoms with E-state index >= 15 is 0 Å². The molecule has 0 bridgehead atoms. The highest BCUT2D eigenvalue weighted by atomic mass is 35.5. The first-order valence-corrected chi connectivity index (χ1v) is 7.89. The van der Waals surface area contributed by atoms with Gasteiger partial charge in [-0.2, -0.15) is 5.10 Å². The van der Waals surface area contributed by atoms with Gasteiger partial charge in [-0.1, -0.05) is 20.8 Å². The molecule has 0 aromatic carbocycles. The Morgan fingerprint density at radius 3 is 2.50 bits per heavy atom. The summed E-state index contributed by atoms with van der Waals surface area (Å²) in [7, 11) is 0. The van der Waals surface area contributed by atoms with Crippen molar-refractivity contribution in [2.75, 3.05) is 5.88 Å². The summed E-state index contributed by atoms with van der Waals surface area (Å²) in [4.78, 5) is 4.77. The second-order valence-electron chi connectivity index (χ2n) is 6.50. The molecule has 5 heteroatoms. The van der Waals surface area contributed by atoms with Crippen LogP contribution < -0.4 is 0 Å². The van der Waals surface area contributed by atoms with Gasteiger partial charge in [0.1, 0.15) is 11.3 Å². The number of hydrogen-bond acceptors (Lipinski definition) is 2. The minimum Gasteiger partial charge on any atom is -0.313 e. The molecule has 0 spiro atoms. The molecule has 0 aliphatic heterocycles. The fourth-order valence-corrected chi connectivity index (χ4v) is 2.62. The Kier molecular flexibility index (Phi) is 4.43. The van der Waals surface area contributed by atoms with Gasteiger partial charge in [0.15, 0.2) is 5.65 Å². The van der Waals surface area contributed by atoms with Gasteiger partial charge in [0.05, 0.1) is 5.69 Å². The maximum absolute atomic E-state index is 5.93. The van der Waals surface area contributed by atoms with E-state index in [1.165, 1.54) is 0 Å². The van der Waals surface area contributed by atoms with Crippen LogP contribution in [0, 0.1) is 12.3 Å². The van der Waals surface area contributed by atoms with Crippen LogP contribution >= 0.6 is 11.6 Å². The van der Waals surface area contributed by atoms with Gasteiger partial charge >= 0.3 is 0 Å². The van der Waals surface area contributed by atoms with Gasteiger partial charge < -0.3 is 4.57 Å². The molecule has 0 radical (unpaired) electrons. The van der Waals surface area contributed by atoms with Gasteiger partial charge in [-0.3, -0.25) is 0 Å². The standard InChI is InChI=1S/C15H25ClN4/c1-6-20-14-13(11(2)18-20)17-12(7-9-16)19(14)10-8-15(3,4)5/h6-10H2,1-5H3. The van der Waals surface area contributed by atoms with Crippen molar-refractivity contribution < 1.29 is 0 Å². The van der Waals surface area contributed by atoms with Crippen molar-refractivity contribution in [1.82, 2.24) is 19.3 Å². The Labute approximate surface area is 126 Å². The SMILES string of the molecule is CCn1nc(C)c2nc(CCCl)n(CCC(C)(C)C)c21. The van der Waals surface area contributed by atoms with Crippen molar-refractivity contribution in [3.63, 3.8) is 0 Å². The summed E-state index contributed by atoms with van der Waals surface area (Å²) < 4.78 is 4.37. The second kappa shape index (κ2) is 5.76. The quantitative estimate of drug-likeness (QED) is 0.787. The highest BCUT2D eigenvalue weighted by Gasteiger charge is 2.19. The van der Waals surface area contributed by atoms with E-state index in [1.807, 2.05) is 6.92 Å². The summed E-state index contributed by atoms with van der Waals surface area (Å²) in [6.45, 7) is 12.8. The van der Waals surface area contributed by atoms with Gasteiger partial charge in [-0.15, -0.1) is 11.6 Å². The number of halogens is 1. The number of aryl methyl sites for hydroxylation is 4. The number of imidazole rings is 1. The molecular weight excluding hydrogens is 272 g/mol. The Morgan fingerprint density at radius 2 is 1.95 bits per heavy atom. The lowest BCUT2D eigenvalue weighted by molar-refractivity contribution is 0.349. The molecule has 0 saturated carbocycles. The van der Waals surface area contributed by atoms with Gasteiger partial charge in [0.25, 0.3) is 0 Å². The fraction of sp³-hybridized carbons (Fsp3) is 0.733. The van der Waals surface area contributed by atoms with Crippen molar-refractivity contribution >= 4 is 22.8 Å². The lowest BCUT2D eigenvalue weighted by atomic mass is 9.92. The number of alkyl halides is 1. The van der Waals surface area contributed by atoms with E-state index in [4.69, 9.17) is 16.6 Å². The molecule has 0 amide bonds. The molecular formula is C15H25ClN4. The molecule has 0 fully saturated rings. The average Bonchev–Trinajstić information content (AvgIpc) is 2.85. The van der Waals surface area contributed by atoms with E-state index in [-0.39, 0.29) is 0 Å². The van der Waals surface area contributed by atoms with Crippen LogP contribution in [0.25, 0.3) is 11.2 Å². The first-order chi connectivity index (χ1) is 9.37. The van der Waals surface area contributed by atoms with Crippen LogP contribution in [0.3, 0.4) is 0 Å². The summed E-state index contributed by atoms with van der Waals surface area (Å²) >= 11 is 5.93. The zero-order valence-corrected chi connectivity index (χ0v) is 14.0. The average molecular weight is 297 g/mol. The van der Waals surface area contributed by atoms with Crippen molar-refractivity contribution in [3.05, 3.63) is 11.5 Å². The maximum Gasteiger partial charge on any atom is 0.158 e. The molecule has 2 heterocycles.